The van der Waals surface area contributed by atoms with Gasteiger partial charge in [0.1, 0.15) is 0 Å². The average molecular weight is 344 g/mol. The first-order valence-electron chi connectivity index (χ1n) is 7.09. The lowest BCUT2D eigenvalue weighted by atomic mass is 9.89. The zero-order chi connectivity index (χ0) is 16.8. The van der Waals surface area contributed by atoms with Gasteiger partial charge in [-0.25, -0.2) is 9.36 Å². The molecule has 0 saturated heterocycles. The van der Waals surface area contributed by atoms with Crippen LogP contribution in [0.2, 0.25) is 5.02 Å². The van der Waals surface area contributed by atoms with Crippen molar-refractivity contribution in [3.63, 3.8) is 0 Å². The van der Waals surface area contributed by atoms with E-state index in [1.54, 1.807) is 19.1 Å². The van der Waals surface area contributed by atoms with Crippen molar-refractivity contribution in [3.8, 4) is 0 Å². The largest absolute Gasteiger partial charge is 0.449 e. The van der Waals surface area contributed by atoms with Crippen LogP contribution in [-0.2, 0) is 10.9 Å². The summed E-state index contributed by atoms with van der Waals surface area (Å²) in [5, 5.41) is 0.0908. The molecule has 0 amide bonds. The molecule has 1 aromatic heterocycles. The van der Waals surface area contributed by atoms with E-state index < -0.39 is 23.8 Å². The minimum atomic E-state index is -4.60. The van der Waals surface area contributed by atoms with E-state index in [9.17, 15) is 18.0 Å². The number of hydrogen-bond donors (Lipinski definition) is 0. The van der Waals surface area contributed by atoms with Crippen molar-refractivity contribution < 1.29 is 22.7 Å². The van der Waals surface area contributed by atoms with Crippen LogP contribution < -0.4 is 0 Å². The second-order valence-corrected chi connectivity index (χ2v) is 5.66. The van der Waals surface area contributed by atoms with Crippen molar-refractivity contribution in [2.75, 3.05) is 6.61 Å². The number of rotatable bonds is 2. The van der Waals surface area contributed by atoms with Crippen LogP contribution in [0.15, 0.2) is 30.4 Å². The predicted octanol–water partition coefficient (Wildman–Crippen LogP) is 5.36. The first-order valence-corrected chi connectivity index (χ1v) is 7.47. The number of benzene rings is 1. The predicted molar refractivity (Wildman–Crippen MR) is 80.9 cm³/mol. The van der Waals surface area contributed by atoms with E-state index in [1.165, 1.54) is 18.2 Å². The molecule has 1 unspecified atom stereocenters. The van der Waals surface area contributed by atoms with Gasteiger partial charge in [-0.2, -0.15) is 13.2 Å². The highest BCUT2D eigenvalue weighted by Gasteiger charge is 2.42. The molecule has 122 valence electrons. The number of carbonyl (C=O) groups is 1. The molecule has 0 aliphatic heterocycles. The summed E-state index contributed by atoms with van der Waals surface area (Å²) in [6.45, 7) is 1.68. The fourth-order valence-electron chi connectivity index (χ4n) is 2.79. The number of allylic oxidation sites excluding steroid dienone is 2. The van der Waals surface area contributed by atoms with Gasteiger partial charge < -0.3 is 4.74 Å². The molecule has 1 atom stereocenters. The number of halogens is 4. The third-order valence-corrected chi connectivity index (χ3v) is 4.04. The van der Waals surface area contributed by atoms with Crippen LogP contribution >= 0.6 is 11.6 Å². The number of alkyl halides is 3. The molecule has 2 aromatic rings. The normalized spacial score (nSPS) is 17.3. The van der Waals surface area contributed by atoms with E-state index in [0.29, 0.717) is 6.42 Å². The molecule has 1 aliphatic carbocycles. The van der Waals surface area contributed by atoms with Crippen LogP contribution in [0.4, 0.5) is 18.0 Å². The average Bonchev–Trinajstić information content (AvgIpc) is 2.70. The summed E-state index contributed by atoms with van der Waals surface area (Å²) < 4.78 is 47.0. The number of nitrogens with zero attached hydrogens (tertiary/aromatic N) is 1. The van der Waals surface area contributed by atoms with E-state index >= 15 is 0 Å². The minimum Gasteiger partial charge on any atom is -0.449 e. The lowest BCUT2D eigenvalue weighted by Crippen LogP contribution is -2.21. The summed E-state index contributed by atoms with van der Waals surface area (Å²) >= 11 is 5.86. The van der Waals surface area contributed by atoms with Crippen LogP contribution in [-0.4, -0.2) is 17.3 Å². The molecular weight excluding hydrogens is 331 g/mol. The Balaban J connectivity index is 2.39. The Bertz CT molecular complexity index is 808. The molecule has 1 heterocycles. The van der Waals surface area contributed by atoms with Gasteiger partial charge in [-0.15, -0.1) is 0 Å². The fourth-order valence-corrected chi connectivity index (χ4v) is 2.96. The van der Waals surface area contributed by atoms with E-state index in [0.717, 1.165) is 4.57 Å². The van der Waals surface area contributed by atoms with Gasteiger partial charge in [0.05, 0.1) is 17.7 Å². The zero-order valence-corrected chi connectivity index (χ0v) is 12.9. The lowest BCUT2D eigenvalue weighted by molar-refractivity contribution is -0.137. The number of aromatic nitrogens is 1. The minimum absolute atomic E-state index is 0.0768. The van der Waals surface area contributed by atoms with Crippen molar-refractivity contribution >= 4 is 28.6 Å². The summed E-state index contributed by atoms with van der Waals surface area (Å²) in [7, 11) is 0. The zero-order valence-electron chi connectivity index (χ0n) is 12.2. The molecule has 3 rings (SSSR count). The maximum absolute atomic E-state index is 13.7. The quantitative estimate of drug-likeness (QED) is 0.687. The standard InChI is InChI=1S/C16H13ClF3NO2/c1-2-23-15(22)21-12-7-6-10(17)8-11(12)13(16(18,19)20)14(21)9-4-3-5-9/h3-4,6-9H,2,5H2,1H3. The van der Waals surface area contributed by atoms with Gasteiger partial charge in [0, 0.05) is 22.0 Å². The highest BCUT2D eigenvalue weighted by molar-refractivity contribution is 6.31. The summed E-state index contributed by atoms with van der Waals surface area (Å²) in [5.74, 6) is -0.470. The second kappa shape index (κ2) is 5.60. The van der Waals surface area contributed by atoms with Crippen LogP contribution in [0.5, 0.6) is 0 Å². The Kier molecular flexibility index (Phi) is 3.88. The van der Waals surface area contributed by atoms with Crippen LogP contribution in [0, 0.1) is 0 Å². The molecule has 0 saturated carbocycles. The summed E-state index contributed by atoms with van der Waals surface area (Å²) in [5.41, 5.74) is -0.761. The van der Waals surface area contributed by atoms with Gasteiger partial charge in [-0.05, 0) is 31.5 Å². The van der Waals surface area contributed by atoms with E-state index in [2.05, 4.69) is 0 Å². The molecule has 1 aromatic carbocycles. The molecule has 3 nitrogen and oxygen atoms in total. The summed E-state index contributed by atoms with van der Waals surface area (Å²) in [6, 6.07) is 4.11. The Morgan fingerprint density at radius 1 is 1.43 bits per heavy atom. The maximum Gasteiger partial charge on any atom is 0.418 e. The van der Waals surface area contributed by atoms with Gasteiger partial charge >= 0.3 is 12.3 Å². The number of ether oxygens (including phenoxy) is 1. The topological polar surface area (TPSA) is 31.2 Å². The Labute approximate surface area is 135 Å². The summed E-state index contributed by atoms with van der Waals surface area (Å²) in [4.78, 5) is 12.3. The third-order valence-electron chi connectivity index (χ3n) is 3.81. The SMILES string of the molecule is CCOC(=O)n1c(C2C=CC2)c(C(F)(F)F)c2cc(Cl)ccc21. The van der Waals surface area contributed by atoms with Crippen molar-refractivity contribution in [3.05, 3.63) is 46.6 Å². The molecule has 0 N–H and O–H groups in total. The lowest BCUT2D eigenvalue weighted by Gasteiger charge is -2.22. The molecule has 0 fully saturated rings. The Morgan fingerprint density at radius 2 is 2.13 bits per heavy atom. The van der Waals surface area contributed by atoms with Crippen LogP contribution in [0.25, 0.3) is 10.9 Å². The van der Waals surface area contributed by atoms with Gasteiger partial charge in [0.15, 0.2) is 0 Å². The van der Waals surface area contributed by atoms with Gasteiger partial charge in [-0.1, -0.05) is 23.8 Å². The molecule has 1 aliphatic rings. The van der Waals surface area contributed by atoms with E-state index in [4.69, 9.17) is 16.3 Å². The smallest absolute Gasteiger partial charge is 0.418 e. The molecule has 0 spiro atoms. The molecule has 0 bridgehead atoms. The molecular formula is C16H13ClF3NO2. The Morgan fingerprint density at radius 3 is 2.65 bits per heavy atom. The number of hydrogen-bond acceptors (Lipinski definition) is 2. The van der Waals surface area contributed by atoms with Gasteiger partial charge in [-0.3, -0.25) is 0 Å². The second-order valence-electron chi connectivity index (χ2n) is 5.22. The highest BCUT2D eigenvalue weighted by atomic mass is 35.5. The Hall–Kier alpha value is -1.95. The van der Waals surface area contributed by atoms with Gasteiger partial charge in [0.2, 0.25) is 0 Å². The fraction of sp³-hybridized carbons (Fsp3) is 0.312. The number of fused-ring (bicyclic) bond motifs is 1. The van der Waals surface area contributed by atoms with Gasteiger partial charge in [0.25, 0.3) is 0 Å². The maximum atomic E-state index is 13.7. The highest BCUT2D eigenvalue weighted by Crippen LogP contribution is 2.45. The first-order chi connectivity index (χ1) is 10.8. The summed E-state index contributed by atoms with van der Waals surface area (Å²) in [6.07, 6.45) is -1.54. The van der Waals surface area contributed by atoms with Crippen LogP contribution in [0.1, 0.15) is 30.5 Å². The molecule has 23 heavy (non-hydrogen) atoms. The van der Waals surface area contributed by atoms with Crippen LogP contribution in [0.3, 0.4) is 0 Å². The molecule has 0 radical (unpaired) electrons. The van der Waals surface area contributed by atoms with Crippen molar-refractivity contribution in [2.24, 2.45) is 0 Å². The first kappa shape index (κ1) is 15.9. The third kappa shape index (κ3) is 2.61. The number of carbonyl (C=O) groups excluding carboxylic acids is 1. The van der Waals surface area contributed by atoms with E-state index in [-0.39, 0.29) is 28.2 Å². The molecule has 7 heteroatoms. The van der Waals surface area contributed by atoms with E-state index in [1.807, 2.05) is 0 Å². The monoisotopic (exact) mass is 343 g/mol. The van der Waals surface area contributed by atoms with Crippen molar-refractivity contribution in [2.45, 2.75) is 25.4 Å². The van der Waals surface area contributed by atoms with Crippen molar-refractivity contribution in [1.29, 1.82) is 0 Å². The van der Waals surface area contributed by atoms with Crippen molar-refractivity contribution in [1.82, 2.24) is 4.57 Å².